The zero-order valence-corrected chi connectivity index (χ0v) is 19.8. The SMILES string of the molecule is COC(C)c1nc2c(c3c1[C@@H](c1ccc(C(F)(F)F)cc1)OC31CCOC1)[C@@H](O)CC(C)(C)C2. The molecule has 4 atom stereocenters. The van der Waals surface area contributed by atoms with Gasteiger partial charge >= 0.3 is 6.18 Å². The van der Waals surface area contributed by atoms with E-state index in [1.54, 1.807) is 7.11 Å². The zero-order chi connectivity index (χ0) is 24.5. The van der Waals surface area contributed by atoms with Crippen molar-refractivity contribution in [2.75, 3.05) is 20.3 Å². The summed E-state index contributed by atoms with van der Waals surface area (Å²) >= 11 is 0. The fourth-order valence-electron chi connectivity index (χ4n) is 5.77. The van der Waals surface area contributed by atoms with Gasteiger partial charge in [-0.05, 0) is 42.9 Å². The van der Waals surface area contributed by atoms with E-state index in [4.69, 9.17) is 19.2 Å². The number of aromatic nitrogens is 1. The van der Waals surface area contributed by atoms with E-state index in [0.717, 1.165) is 34.5 Å². The van der Waals surface area contributed by atoms with Gasteiger partial charge in [-0.3, -0.25) is 4.98 Å². The van der Waals surface area contributed by atoms with E-state index in [9.17, 15) is 18.3 Å². The van der Waals surface area contributed by atoms with Crippen LogP contribution >= 0.6 is 0 Å². The minimum atomic E-state index is -4.42. The van der Waals surface area contributed by atoms with Crippen LogP contribution < -0.4 is 0 Å². The van der Waals surface area contributed by atoms with Gasteiger partial charge in [0.25, 0.3) is 0 Å². The summed E-state index contributed by atoms with van der Waals surface area (Å²) in [4.78, 5) is 5.00. The second-order valence-electron chi connectivity index (χ2n) is 10.5. The molecule has 5 nitrogen and oxygen atoms in total. The molecule has 1 saturated heterocycles. The highest BCUT2D eigenvalue weighted by atomic mass is 19.4. The number of aliphatic hydroxyl groups is 1. The summed E-state index contributed by atoms with van der Waals surface area (Å²) in [6.07, 6.45) is -4.22. The standard InChI is InChI=1S/C26H30F3NO4/c1-14(32-4)22-20-21(19-17(30-22)11-24(2,3)12-18(19)31)25(9-10-33-13-25)34-23(20)15-5-7-16(8-6-15)26(27,28)29/h5-8,14,18,23,31H,9-13H2,1-4H3/t14?,18-,23+,25?/m0/s1. The molecule has 1 fully saturated rings. The van der Waals surface area contributed by atoms with E-state index >= 15 is 0 Å². The fourth-order valence-corrected chi connectivity index (χ4v) is 5.77. The average molecular weight is 478 g/mol. The van der Waals surface area contributed by atoms with Crippen molar-refractivity contribution in [3.8, 4) is 0 Å². The predicted molar refractivity (Wildman–Crippen MR) is 118 cm³/mol. The largest absolute Gasteiger partial charge is 0.416 e. The molecule has 0 radical (unpaired) electrons. The maximum absolute atomic E-state index is 13.2. The summed E-state index contributed by atoms with van der Waals surface area (Å²) in [5, 5.41) is 11.3. The van der Waals surface area contributed by atoms with Gasteiger partial charge in [0.1, 0.15) is 11.7 Å². The van der Waals surface area contributed by atoms with Crippen LogP contribution in [0.2, 0.25) is 0 Å². The summed E-state index contributed by atoms with van der Waals surface area (Å²) in [5.74, 6) is 0. The lowest BCUT2D eigenvalue weighted by atomic mass is 9.71. The van der Waals surface area contributed by atoms with Crippen molar-refractivity contribution >= 4 is 0 Å². The third-order valence-corrected chi connectivity index (χ3v) is 7.43. The van der Waals surface area contributed by atoms with Crippen LogP contribution in [0.15, 0.2) is 24.3 Å². The number of benzene rings is 1. The topological polar surface area (TPSA) is 60.8 Å². The van der Waals surface area contributed by atoms with E-state index in [1.165, 1.54) is 12.1 Å². The molecule has 1 spiro atoms. The molecule has 34 heavy (non-hydrogen) atoms. The van der Waals surface area contributed by atoms with Gasteiger partial charge in [0.2, 0.25) is 0 Å². The van der Waals surface area contributed by atoms with Crippen LogP contribution in [-0.2, 0) is 32.4 Å². The van der Waals surface area contributed by atoms with Crippen LogP contribution in [0, 0.1) is 5.41 Å². The first-order valence-electron chi connectivity index (χ1n) is 11.7. The van der Waals surface area contributed by atoms with Crippen LogP contribution in [0.5, 0.6) is 0 Å². The monoisotopic (exact) mass is 477 g/mol. The molecule has 0 bridgehead atoms. The smallest absolute Gasteiger partial charge is 0.388 e. The predicted octanol–water partition coefficient (Wildman–Crippen LogP) is 5.55. The Morgan fingerprint density at radius 3 is 2.47 bits per heavy atom. The van der Waals surface area contributed by atoms with Crippen molar-refractivity contribution in [3.05, 3.63) is 63.5 Å². The molecule has 0 saturated carbocycles. The highest BCUT2D eigenvalue weighted by molar-refractivity contribution is 5.54. The van der Waals surface area contributed by atoms with Crippen LogP contribution in [0.4, 0.5) is 13.2 Å². The Balaban J connectivity index is 1.74. The van der Waals surface area contributed by atoms with Crippen molar-refractivity contribution in [3.63, 3.8) is 0 Å². The van der Waals surface area contributed by atoms with Crippen molar-refractivity contribution < 1.29 is 32.5 Å². The normalized spacial score (nSPS) is 28.7. The maximum Gasteiger partial charge on any atom is 0.416 e. The van der Waals surface area contributed by atoms with E-state index in [0.29, 0.717) is 43.7 Å². The molecular formula is C26H30F3NO4. The molecule has 1 aliphatic carbocycles. The van der Waals surface area contributed by atoms with Crippen molar-refractivity contribution in [1.82, 2.24) is 4.98 Å². The summed E-state index contributed by atoms with van der Waals surface area (Å²) < 4.78 is 57.7. The number of rotatable bonds is 3. The molecule has 3 aliphatic rings. The molecule has 184 valence electrons. The van der Waals surface area contributed by atoms with Crippen molar-refractivity contribution in [2.45, 2.75) is 70.1 Å². The fraction of sp³-hybridized carbons (Fsp3) is 0.577. The molecule has 3 heterocycles. The molecule has 5 rings (SSSR count). The summed E-state index contributed by atoms with van der Waals surface area (Å²) in [6, 6.07) is 5.09. The van der Waals surface area contributed by atoms with Gasteiger partial charge in [0.05, 0.1) is 30.1 Å². The summed E-state index contributed by atoms with van der Waals surface area (Å²) in [6.45, 7) is 6.96. The lowest BCUT2D eigenvalue weighted by Gasteiger charge is -2.37. The summed E-state index contributed by atoms with van der Waals surface area (Å²) in [5.41, 5.74) is 3.02. The number of methoxy groups -OCH3 is 1. The number of nitrogens with zero attached hydrogens (tertiary/aromatic N) is 1. The van der Waals surface area contributed by atoms with Gasteiger partial charge in [0.15, 0.2) is 0 Å². The summed E-state index contributed by atoms with van der Waals surface area (Å²) in [7, 11) is 1.61. The van der Waals surface area contributed by atoms with E-state index in [-0.39, 0.29) is 11.5 Å². The second-order valence-corrected chi connectivity index (χ2v) is 10.5. The van der Waals surface area contributed by atoms with Gasteiger partial charge in [-0.15, -0.1) is 0 Å². The number of pyridine rings is 1. The first-order chi connectivity index (χ1) is 16.0. The van der Waals surface area contributed by atoms with Gasteiger partial charge in [-0.1, -0.05) is 26.0 Å². The minimum Gasteiger partial charge on any atom is -0.388 e. The first kappa shape index (κ1) is 23.7. The number of alkyl halides is 3. The van der Waals surface area contributed by atoms with Crippen LogP contribution in [0.1, 0.15) is 91.1 Å². The number of aliphatic hydroxyl groups excluding tert-OH is 1. The number of fused-ring (bicyclic) bond motifs is 4. The van der Waals surface area contributed by atoms with Crippen LogP contribution in [0.25, 0.3) is 0 Å². The number of hydrogen-bond acceptors (Lipinski definition) is 5. The molecule has 1 N–H and O–H groups in total. The minimum absolute atomic E-state index is 0.118. The van der Waals surface area contributed by atoms with Crippen molar-refractivity contribution in [1.29, 1.82) is 0 Å². The van der Waals surface area contributed by atoms with Gasteiger partial charge in [0, 0.05) is 42.5 Å². The highest BCUT2D eigenvalue weighted by Crippen LogP contribution is 2.57. The molecule has 8 heteroatoms. The molecule has 0 amide bonds. The Hall–Kier alpha value is -2.00. The lowest BCUT2D eigenvalue weighted by molar-refractivity contribution is -0.137. The number of hydrogen-bond donors (Lipinski definition) is 1. The van der Waals surface area contributed by atoms with Crippen molar-refractivity contribution in [2.24, 2.45) is 5.41 Å². The third kappa shape index (κ3) is 3.75. The Kier molecular flexibility index (Phi) is 5.59. The van der Waals surface area contributed by atoms with E-state index in [2.05, 4.69) is 13.8 Å². The number of ether oxygens (including phenoxy) is 3. The molecule has 2 aliphatic heterocycles. The average Bonchev–Trinajstić information content (AvgIpc) is 3.37. The maximum atomic E-state index is 13.2. The molecule has 1 aromatic carbocycles. The quantitative estimate of drug-likeness (QED) is 0.628. The zero-order valence-electron chi connectivity index (χ0n) is 19.8. The third-order valence-electron chi connectivity index (χ3n) is 7.43. The molecular weight excluding hydrogens is 447 g/mol. The van der Waals surface area contributed by atoms with Gasteiger partial charge in [-0.2, -0.15) is 13.2 Å². The Morgan fingerprint density at radius 1 is 1.18 bits per heavy atom. The highest BCUT2D eigenvalue weighted by Gasteiger charge is 2.53. The molecule has 1 aromatic heterocycles. The van der Waals surface area contributed by atoms with E-state index < -0.39 is 29.5 Å². The van der Waals surface area contributed by atoms with Gasteiger partial charge < -0.3 is 19.3 Å². The van der Waals surface area contributed by atoms with Gasteiger partial charge in [-0.25, -0.2) is 0 Å². The van der Waals surface area contributed by atoms with E-state index in [1.807, 2.05) is 6.92 Å². The number of halogens is 3. The Labute approximate surface area is 197 Å². The Bertz CT molecular complexity index is 1090. The lowest BCUT2D eigenvalue weighted by Crippen LogP contribution is -2.33. The molecule has 2 unspecified atom stereocenters. The Morgan fingerprint density at radius 2 is 1.88 bits per heavy atom. The second kappa shape index (κ2) is 8.01. The van der Waals surface area contributed by atoms with Crippen LogP contribution in [0.3, 0.4) is 0 Å². The molecule has 2 aromatic rings. The van der Waals surface area contributed by atoms with Crippen LogP contribution in [-0.4, -0.2) is 30.4 Å². The first-order valence-corrected chi connectivity index (χ1v) is 11.7.